The largest absolute Gasteiger partial charge is 0.319 e. The molecule has 0 fully saturated rings. The van der Waals surface area contributed by atoms with Crippen LogP contribution >= 0.6 is 11.3 Å². The predicted molar refractivity (Wildman–Crippen MR) is 57.8 cm³/mol. The topological polar surface area (TPSA) is 38.9 Å². The minimum absolute atomic E-state index is 0.176. The van der Waals surface area contributed by atoms with Crippen molar-refractivity contribution in [1.82, 2.24) is 4.98 Å². The molecule has 1 atom stereocenters. The van der Waals surface area contributed by atoms with Gasteiger partial charge in [-0.25, -0.2) is 4.98 Å². The van der Waals surface area contributed by atoms with Gasteiger partial charge in [0, 0.05) is 11.6 Å². The Labute approximate surface area is 84.2 Å². The van der Waals surface area contributed by atoms with Crippen LogP contribution in [0.3, 0.4) is 0 Å². The third kappa shape index (κ3) is 2.51. The Bertz CT molecular complexity index is 233. The summed E-state index contributed by atoms with van der Waals surface area (Å²) in [6.45, 7) is 4.33. The zero-order valence-corrected chi connectivity index (χ0v) is 9.23. The standard InChI is InChI=1S/C10H18N2S/c1-3-5-6-10(11,4-2)9-12-7-8-13-9/h7-8H,3-6,11H2,1-2H3. The van der Waals surface area contributed by atoms with E-state index < -0.39 is 0 Å². The van der Waals surface area contributed by atoms with Crippen molar-refractivity contribution in [3.63, 3.8) is 0 Å². The lowest BCUT2D eigenvalue weighted by Crippen LogP contribution is -2.35. The molecule has 0 radical (unpaired) electrons. The first kappa shape index (κ1) is 10.7. The highest BCUT2D eigenvalue weighted by Gasteiger charge is 2.26. The lowest BCUT2D eigenvalue weighted by Gasteiger charge is -2.25. The third-order valence-electron chi connectivity index (χ3n) is 2.47. The van der Waals surface area contributed by atoms with Crippen molar-refractivity contribution >= 4 is 11.3 Å². The third-order valence-corrected chi connectivity index (χ3v) is 3.46. The van der Waals surface area contributed by atoms with Crippen molar-refractivity contribution in [2.24, 2.45) is 5.73 Å². The maximum Gasteiger partial charge on any atom is 0.112 e. The number of thiazole rings is 1. The summed E-state index contributed by atoms with van der Waals surface area (Å²) in [7, 11) is 0. The first-order valence-corrected chi connectivity index (χ1v) is 5.79. The van der Waals surface area contributed by atoms with Gasteiger partial charge in [0.25, 0.3) is 0 Å². The first-order chi connectivity index (χ1) is 6.23. The second-order valence-corrected chi connectivity index (χ2v) is 4.35. The van der Waals surface area contributed by atoms with Gasteiger partial charge in [0.2, 0.25) is 0 Å². The van der Waals surface area contributed by atoms with E-state index in [1.165, 1.54) is 12.8 Å². The zero-order chi connectivity index (χ0) is 9.73. The Kier molecular flexibility index (Phi) is 3.88. The molecule has 1 heterocycles. The van der Waals surface area contributed by atoms with Gasteiger partial charge in [-0.3, -0.25) is 0 Å². The number of nitrogens with zero attached hydrogens (tertiary/aromatic N) is 1. The van der Waals surface area contributed by atoms with Crippen molar-refractivity contribution in [1.29, 1.82) is 0 Å². The average Bonchev–Trinajstić information content (AvgIpc) is 2.67. The van der Waals surface area contributed by atoms with Crippen LogP contribution in [0.5, 0.6) is 0 Å². The summed E-state index contributed by atoms with van der Waals surface area (Å²) >= 11 is 1.67. The molecule has 74 valence electrons. The van der Waals surface area contributed by atoms with E-state index in [1.54, 1.807) is 11.3 Å². The first-order valence-electron chi connectivity index (χ1n) is 4.91. The summed E-state index contributed by atoms with van der Waals surface area (Å²) in [6.07, 6.45) is 6.24. The Morgan fingerprint density at radius 3 is 2.77 bits per heavy atom. The van der Waals surface area contributed by atoms with Crippen LogP contribution in [0.4, 0.5) is 0 Å². The van der Waals surface area contributed by atoms with E-state index in [2.05, 4.69) is 18.8 Å². The van der Waals surface area contributed by atoms with E-state index in [9.17, 15) is 0 Å². The van der Waals surface area contributed by atoms with E-state index in [0.29, 0.717) is 0 Å². The maximum atomic E-state index is 6.30. The number of unbranched alkanes of at least 4 members (excludes halogenated alkanes) is 1. The van der Waals surface area contributed by atoms with Crippen LogP contribution < -0.4 is 5.73 Å². The molecule has 2 N–H and O–H groups in total. The molecule has 0 amide bonds. The second kappa shape index (κ2) is 4.72. The van der Waals surface area contributed by atoms with Crippen LogP contribution in [-0.2, 0) is 5.54 Å². The van der Waals surface area contributed by atoms with E-state index >= 15 is 0 Å². The molecule has 0 aliphatic heterocycles. The molecule has 3 heteroatoms. The van der Waals surface area contributed by atoms with Crippen LogP contribution in [0.25, 0.3) is 0 Å². The van der Waals surface area contributed by atoms with Crippen molar-refractivity contribution in [3.05, 3.63) is 16.6 Å². The van der Waals surface area contributed by atoms with Crippen molar-refractivity contribution in [2.45, 2.75) is 45.1 Å². The molecule has 0 aliphatic rings. The zero-order valence-electron chi connectivity index (χ0n) is 8.42. The highest BCUT2D eigenvalue weighted by molar-refractivity contribution is 7.09. The Hall–Kier alpha value is -0.410. The number of hydrogen-bond donors (Lipinski definition) is 1. The lowest BCUT2D eigenvalue weighted by molar-refractivity contribution is 0.378. The van der Waals surface area contributed by atoms with Gasteiger partial charge in [-0.15, -0.1) is 11.3 Å². The minimum Gasteiger partial charge on any atom is -0.319 e. The van der Waals surface area contributed by atoms with Crippen molar-refractivity contribution in [2.75, 3.05) is 0 Å². The van der Waals surface area contributed by atoms with Gasteiger partial charge in [-0.1, -0.05) is 26.7 Å². The monoisotopic (exact) mass is 198 g/mol. The quantitative estimate of drug-likeness (QED) is 0.790. The van der Waals surface area contributed by atoms with Crippen LogP contribution in [-0.4, -0.2) is 4.98 Å². The van der Waals surface area contributed by atoms with Gasteiger partial charge in [0.15, 0.2) is 0 Å². The van der Waals surface area contributed by atoms with Gasteiger partial charge < -0.3 is 5.73 Å². The van der Waals surface area contributed by atoms with Gasteiger partial charge in [0.1, 0.15) is 5.01 Å². The number of hydrogen-bond acceptors (Lipinski definition) is 3. The predicted octanol–water partition coefficient (Wildman–Crippen LogP) is 2.90. The molecule has 0 spiro atoms. The normalized spacial score (nSPS) is 15.6. The molecule has 1 aromatic rings. The van der Waals surface area contributed by atoms with Crippen LogP contribution in [0, 0.1) is 0 Å². The fraction of sp³-hybridized carbons (Fsp3) is 0.700. The van der Waals surface area contributed by atoms with Crippen LogP contribution in [0.15, 0.2) is 11.6 Å². The number of rotatable bonds is 5. The highest BCUT2D eigenvalue weighted by Crippen LogP contribution is 2.29. The van der Waals surface area contributed by atoms with Gasteiger partial charge in [-0.2, -0.15) is 0 Å². The van der Waals surface area contributed by atoms with Gasteiger partial charge in [-0.05, 0) is 12.8 Å². The number of nitrogens with two attached hydrogens (primary N) is 1. The molecule has 13 heavy (non-hydrogen) atoms. The van der Waals surface area contributed by atoms with Crippen molar-refractivity contribution in [3.8, 4) is 0 Å². The molecule has 1 rings (SSSR count). The van der Waals surface area contributed by atoms with Crippen molar-refractivity contribution < 1.29 is 0 Å². The smallest absolute Gasteiger partial charge is 0.112 e. The molecule has 2 nitrogen and oxygen atoms in total. The summed E-state index contributed by atoms with van der Waals surface area (Å²) in [4.78, 5) is 4.31. The fourth-order valence-corrected chi connectivity index (χ4v) is 2.25. The van der Waals surface area contributed by atoms with E-state index in [1.807, 2.05) is 11.6 Å². The molecule has 1 unspecified atom stereocenters. The van der Waals surface area contributed by atoms with Crippen LogP contribution in [0.2, 0.25) is 0 Å². The van der Waals surface area contributed by atoms with E-state index in [-0.39, 0.29) is 5.54 Å². The minimum atomic E-state index is -0.176. The van der Waals surface area contributed by atoms with E-state index in [0.717, 1.165) is 17.8 Å². The molecule has 0 aromatic carbocycles. The lowest BCUT2D eigenvalue weighted by atomic mass is 9.92. The molecule has 0 saturated heterocycles. The average molecular weight is 198 g/mol. The highest BCUT2D eigenvalue weighted by atomic mass is 32.1. The van der Waals surface area contributed by atoms with Gasteiger partial charge >= 0.3 is 0 Å². The number of aromatic nitrogens is 1. The SMILES string of the molecule is CCCCC(N)(CC)c1nccs1. The molecule has 0 aliphatic carbocycles. The summed E-state index contributed by atoms with van der Waals surface area (Å²) in [5.41, 5.74) is 6.12. The second-order valence-electron chi connectivity index (χ2n) is 3.45. The fourth-order valence-electron chi connectivity index (χ4n) is 1.40. The summed E-state index contributed by atoms with van der Waals surface area (Å²) < 4.78 is 0. The molecular weight excluding hydrogens is 180 g/mol. The molecule has 1 aromatic heterocycles. The molecule has 0 saturated carbocycles. The van der Waals surface area contributed by atoms with Gasteiger partial charge in [0.05, 0.1) is 5.54 Å². The summed E-state index contributed by atoms with van der Waals surface area (Å²) in [5.74, 6) is 0. The molecule has 0 bridgehead atoms. The Balaban J connectivity index is 2.69. The summed E-state index contributed by atoms with van der Waals surface area (Å²) in [5, 5.41) is 3.09. The maximum absolute atomic E-state index is 6.30. The molecular formula is C10H18N2S. The Morgan fingerprint density at radius 1 is 1.54 bits per heavy atom. The van der Waals surface area contributed by atoms with E-state index in [4.69, 9.17) is 5.73 Å². The Morgan fingerprint density at radius 2 is 2.31 bits per heavy atom. The van der Waals surface area contributed by atoms with Crippen LogP contribution in [0.1, 0.15) is 44.5 Å². The summed E-state index contributed by atoms with van der Waals surface area (Å²) in [6, 6.07) is 0.